The number of nitrogens with one attached hydrogen (secondary N) is 1. The molecule has 1 aromatic heterocycles. The molecule has 3 rings (SSSR count). The molecule has 5 nitrogen and oxygen atoms in total. The van der Waals surface area contributed by atoms with Crippen LogP contribution in [0.2, 0.25) is 0 Å². The van der Waals surface area contributed by atoms with Crippen molar-refractivity contribution in [3.05, 3.63) is 65.6 Å². The van der Waals surface area contributed by atoms with E-state index in [1.807, 2.05) is 42.5 Å². The number of carbonyl (C=O) groups is 2. The van der Waals surface area contributed by atoms with E-state index in [0.717, 1.165) is 10.8 Å². The number of benzene rings is 2. The van der Waals surface area contributed by atoms with Crippen LogP contribution in [0.15, 0.2) is 52.9 Å². The van der Waals surface area contributed by atoms with E-state index in [1.165, 1.54) is 0 Å². The van der Waals surface area contributed by atoms with Crippen LogP contribution in [-0.4, -0.2) is 18.0 Å². The number of carbonyl (C=O) groups excluding carboxylic acids is 2. The van der Waals surface area contributed by atoms with Gasteiger partial charge in [-0.2, -0.15) is 0 Å². The number of ether oxygens (including phenoxy) is 1. The number of fused-ring (bicyclic) bond motifs is 1. The molecule has 0 radical (unpaired) electrons. The predicted octanol–water partition coefficient (Wildman–Crippen LogP) is 4.23. The van der Waals surface area contributed by atoms with Crippen molar-refractivity contribution in [2.24, 2.45) is 0 Å². The highest BCUT2D eigenvalue weighted by Crippen LogP contribution is 2.23. The van der Waals surface area contributed by atoms with Gasteiger partial charge in [-0.1, -0.05) is 36.4 Å². The van der Waals surface area contributed by atoms with Gasteiger partial charge in [0.1, 0.15) is 17.1 Å². The van der Waals surface area contributed by atoms with Gasteiger partial charge in [0.25, 0.3) is 5.91 Å². The van der Waals surface area contributed by atoms with Crippen LogP contribution < -0.4 is 5.32 Å². The fourth-order valence-corrected chi connectivity index (χ4v) is 2.68. The summed E-state index contributed by atoms with van der Waals surface area (Å²) in [6, 6.07) is 15.0. The molecule has 0 aliphatic heterocycles. The fraction of sp³-hybridized carbons (Fsp3) is 0.200. The molecule has 128 valence electrons. The lowest BCUT2D eigenvalue weighted by Gasteiger charge is -2.14. The van der Waals surface area contributed by atoms with Gasteiger partial charge in [0.15, 0.2) is 6.10 Å². The normalized spacial score (nSPS) is 12.0. The van der Waals surface area contributed by atoms with Gasteiger partial charge in [0, 0.05) is 11.1 Å². The first-order valence-electron chi connectivity index (χ1n) is 8.02. The quantitative estimate of drug-likeness (QED) is 0.723. The zero-order valence-electron chi connectivity index (χ0n) is 14.3. The van der Waals surface area contributed by atoms with Crippen LogP contribution >= 0.6 is 0 Å². The third-order valence-corrected chi connectivity index (χ3v) is 3.96. The van der Waals surface area contributed by atoms with Gasteiger partial charge < -0.3 is 14.5 Å². The highest BCUT2D eigenvalue weighted by molar-refractivity contribution is 6.04. The number of rotatable bonds is 4. The molecule has 5 heteroatoms. The van der Waals surface area contributed by atoms with E-state index in [0.29, 0.717) is 22.8 Å². The molecular formula is C20H19NO4. The second-order valence-electron chi connectivity index (χ2n) is 5.89. The highest BCUT2D eigenvalue weighted by Gasteiger charge is 2.22. The molecule has 2 aromatic carbocycles. The lowest BCUT2D eigenvalue weighted by Crippen LogP contribution is -2.30. The van der Waals surface area contributed by atoms with Gasteiger partial charge in [-0.05, 0) is 38.3 Å². The van der Waals surface area contributed by atoms with E-state index in [4.69, 9.17) is 9.15 Å². The molecule has 0 saturated carbocycles. The fourth-order valence-electron chi connectivity index (χ4n) is 2.68. The summed E-state index contributed by atoms with van der Waals surface area (Å²) >= 11 is 0. The van der Waals surface area contributed by atoms with Crippen LogP contribution in [-0.2, 0) is 9.53 Å². The largest absolute Gasteiger partial charge is 0.466 e. The Bertz CT molecular complexity index is 937. The summed E-state index contributed by atoms with van der Waals surface area (Å²) < 4.78 is 10.6. The van der Waals surface area contributed by atoms with E-state index in [9.17, 15) is 9.59 Å². The lowest BCUT2D eigenvalue weighted by molar-refractivity contribution is -0.123. The third kappa shape index (κ3) is 3.55. The van der Waals surface area contributed by atoms with Crippen molar-refractivity contribution in [3.63, 3.8) is 0 Å². The number of hydrogen-bond donors (Lipinski definition) is 1. The van der Waals surface area contributed by atoms with Gasteiger partial charge in [-0.25, -0.2) is 4.79 Å². The van der Waals surface area contributed by atoms with Crippen molar-refractivity contribution < 1.29 is 18.7 Å². The maximum Gasteiger partial charge on any atom is 0.342 e. The zero-order chi connectivity index (χ0) is 18.0. The smallest absolute Gasteiger partial charge is 0.342 e. The van der Waals surface area contributed by atoms with Crippen molar-refractivity contribution in [3.8, 4) is 0 Å². The summed E-state index contributed by atoms with van der Waals surface area (Å²) in [6.07, 6.45) is -0.930. The number of furan rings is 1. The van der Waals surface area contributed by atoms with E-state index in [1.54, 1.807) is 26.8 Å². The van der Waals surface area contributed by atoms with Crippen LogP contribution in [0.25, 0.3) is 10.8 Å². The number of aryl methyl sites for hydroxylation is 2. The molecule has 25 heavy (non-hydrogen) atoms. The minimum Gasteiger partial charge on any atom is -0.466 e. The average molecular weight is 337 g/mol. The minimum absolute atomic E-state index is 0.335. The zero-order valence-corrected chi connectivity index (χ0v) is 14.3. The van der Waals surface area contributed by atoms with E-state index < -0.39 is 12.1 Å². The lowest BCUT2D eigenvalue weighted by atomic mass is 10.1. The average Bonchev–Trinajstić information content (AvgIpc) is 2.93. The Balaban J connectivity index is 1.72. The summed E-state index contributed by atoms with van der Waals surface area (Å²) in [6.45, 7) is 4.98. The summed E-state index contributed by atoms with van der Waals surface area (Å²) in [5.41, 5.74) is 1.02. The highest BCUT2D eigenvalue weighted by atomic mass is 16.5. The predicted molar refractivity (Wildman–Crippen MR) is 95.6 cm³/mol. The molecule has 1 atom stereocenters. The van der Waals surface area contributed by atoms with E-state index in [-0.39, 0.29) is 5.91 Å². The minimum atomic E-state index is -0.930. The Hall–Kier alpha value is -3.08. The molecule has 1 amide bonds. The molecule has 1 N–H and O–H groups in total. The topological polar surface area (TPSA) is 68.5 Å². The molecule has 3 aromatic rings. The summed E-state index contributed by atoms with van der Waals surface area (Å²) in [5, 5.41) is 4.77. The molecule has 1 unspecified atom stereocenters. The van der Waals surface area contributed by atoms with Crippen LogP contribution in [0.1, 0.15) is 28.8 Å². The van der Waals surface area contributed by atoms with E-state index in [2.05, 4.69) is 5.32 Å². The first-order chi connectivity index (χ1) is 12.0. The standard InChI is InChI=1S/C20H19NO4/c1-12-11-17(13(2)24-12)20(23)25-14(3)19(22)21-18-10-6-8-15-7-4-5-9-16(15)18/h4-11,14H,1-3H3,(H,21,22). The summed E-state index contributed by atoms with van der Waals surface area (Å²) in [4.78, 5) is 24.6. The molecule has 0 saturated heterocycles. The Morgan fingerprint density at radius 3 is 2.52 bits per heavy atom. The second-order valence-corrected chi connectivity index (χ2v) is 5.89. The Kier molecular flexibility index (Phi) is 4.57. The van der Waals surface area contributed by atoms with Gasteiger partial charge in [0.05, 0.1) is 0 Å². The van der Waals surface area contributed by atoms with Gasteiger partial charge >= 0.3 is 5.97 Å². The molecule has 0 fully saturated rings. The van der Waals surface area contributed by atoms with Crippen molar-refractivity contribution in [2.75, 3.05) is 5.32 Å². The molecular weight excluding hydrogens is 318 g/mol. The number of anilines is 1. The first-order valence-corrected chi connectivity index (χ1v) is 8.02. The Morgan fingerprint density at radius 2 is 1.80 bits per heavy atom. The summed E-state index contributed by atoms with van der Waals surface area (Å²) in [5.74, 6) is 0.138. The van der Waals surface area contributed by atoms with Crippen molar-refractivity contribution >= 4 is 28.3 Å². The van der Waals surface area contributed by atoms with Crippen LogP contribution in [0, 0.1) is 13.8 Å². The second kappa shape index (κ2) is 6.81. The van der Waals surface area contributed by atoms with E-state index >= 15 is 0 Å². The van der Waals surface area contributed by atoms with Gasteiger partial charge in [0.2, 0.25) is 0 Å². The SMILES string of the molecule is Cc1cc(C(=O)OC(C)C(=O)Nc2cccc3ccccc23)c(C)o1. The molecule has 0 aliphatic rings. The molecule has 0 bridgehead atoms. The van der Waals surface area contributed by atoms with Crippen LogP contribution in [0.3, 0.4) is 0 Å². The van der Waals surface area contributed by atoms with Crippen molar-refractivity contribution in [1.82, 2.24) is 0 Å². The van der Waals surface area contributed by atoms with Gasteiger partial charge in [-0.15, -0.1) is 0 Å². The number of hydrogen-bond acceptors (Lipinski definition) is 4. The number of amides is 1. The Morgan fingerprint density at radius 1 is 1.08 bits per heavy atom. The van der Waals surface area contributed by atoms with Gasteiger partial charge in [-0.3, -0.25) is 4.79 Å². The third-order valence-electron chi connectivity index (χ3n) is 3.96. The molecule has 1 heterocycles. The summed E-state index contributed by atoms with van der Waals surface area (Å²) in [7, 11) is 0. The van der Waals surface area contributed by atoms with Crippen molar-refractivity contribution in [2.45, 2.75) is 26.9 Å². The van der Waals surface area contributed by atoms with Crippen molar-refractivity contribution in [1.29, 1.82) is 0 Å². The van der Waals surface area contributed by atoms with Crippen LogP contribution in [0.4, 0.5) is 5.69 Å². The maximum absolute atomic E-state index is 12.4. The first kappa shape index (κ1) is 16.8. The molecule has 0 aliphatic carbocycles. The maximum atomic E-state index is 12.4. The van der Waals surface area contributed by atoms with Crippen LogP contribution in [0.5, 0.6) is 0 Å². The number of esters is 1. The molecule has 0 spiro atoms. The Labute approximate surface area is 145 Å². The monoisotopic (exact) mass is 337 g/mol.